The molecule has 0 radical (unpaired) electrons. The van der Waals surface area contributed by atoms with Gasteiger partial charge >= 0.3 is 0 Å². The van der Waals surface area contributed by atoms with E-state index in [9.17, 15) is 13.2 Å². The van der Waals surface area contributed by atoms with Gasteiger partial charge in [-0.3, -0.25) is 0 Å². The summed E-state index contributed by atoms with van der Waals surface area (Å²) in [6, 6.07) is 5.17. The Bertz CT molecular complexity index is 625. The van der Waals surface area contributed by atoms with Gasteiger partial charge in [0.2, 0.25) is 0 Å². The number of hydrogen-bond acceptors (Lipinski definition) is 2. The van der Waals surface area contributed by atoms with E-state index in [1.807, 2.05) is 0 Å². The maximum absolute atomic E-state index is 14.1. The summed E-state index contributed by atoms with van der Waals surface area (Å²) in [5.74, 6) is -2.45. The molecule has 0 spiro atoms. The zero-order valence-electron chi connectivity index (χ0n) is 10.5. The van der Waals surface area contributed by atoms with Crippen LogP contribution in [0, 0.1) is 17.5 Å². The van der Waals surface area contributed by atoms with Crippen molar-refractivity contribution in [3.05, 3.63) is 63.4 Å². The topological polar surface area (TPSA) is 35.2 Å². The number of ether oxygens (including phenoxy) is 1. The standard InChI is InChI=1S/C14H11BrF3NO/c1-20-11-4-2-3-8(13(11)18)14(19)12-9(16)5-7(15)6-10(12)17/h2-6,14H,19H2,1H3. The van der Waals surface area contributed by atoms with Crippen molar-refractivity contribution in [2.45, 2.75) is 6.04 Å². The summed E-state index contributed by atoms with van der Waals surface area (Å²) in [6.07, 6.45) is 0. The fraction of sp³-hybridized carbons (Fsp3) is 0.143. The van der Waals surface area contributed by atoms with Gasteiger partial charge in [-0.2, -0.15) is 0 Å². The lowest BCUT2D eigenvalue weighted by molar-refractivity contribution is 0.383. The second-order valence-electron chi connectivity index (χ2n) is 4.12. The number of nitrogens with two attached hydrogens (primary N) is 1. The van der Waals surface area contributed by atoms with Gasteiger partial charge in [0.15, 0.2) is 11.6 Å². The highest BCUT2D eigenvalue weighted by atomic mass is 79.9. The molecule has 1 atom stereocenters. The van der Waals surface area contributed by atoms with E-state index in [2.05, 4.69) is 15.9 Å². The van der Waals surface area contributed by atoms with E-state index in [4.69, 9.17) is 10.5 Å². The van der Waals surface area contributed by atoms with Gasteiger partial charge in [0.25, 0.3) is 0 Å². The Balaban J connectivity index is 2.55. The molecule has 0 amide bonds. The summed E-state index contributed by atoms with van der Waals surface area (Å²) in [7, 11) is 1.30. The lowest BCUT2D eigenvalue weighted by atomic mass is 9.98. The van der Waals surface area contributed by atoms with Gasteiger partial charge in [-0.25, -0.2) is 13.2 Å². The average Bonchev–Trinajstić information content (AvgIpc) is 2.37. The molecule has 2 aromatic carbocycles. The molecule has 0 saturated carbocycles. The average molecular weight is 346 g/mol. The summed E-state index contributed by atoms with van der Waals surface area (Å²) >= 11 is 2.97. The minimum atomic E-state index is -1.27. The lowest BCUT2D eigenvalue weighted by Crippen LogP contribution is -2.17. The van der Waals surface area contributed by atoms with Crippen molar-refractivity contribution in [2.24, 2.45) is 5.73 Å². The van der Waals surface area contributed by atoms with Crippen LogP contribution in [-0.2, 0) is 0 Å². The number of rotatable bonds is 3. The smallest absolute Gasteiger partial charge is 0.170 e. The molecule has 0 bridgehead atoms. The monoisotopic (exact) mass is 345 g/mol. The van der Waals surface area contributed by atoms with Crippen LogP contribution in [0.15, 0.2) is 34.8 Å². The van der Waals surface area contributed by atoms with Gasteiger partial charge in [-0.15, -0.1) is 0 Å². The van der Waals surface area contributed by atoms with Crippen molar-refractivity contribution in [3.63, 3.8) is 0 Å². The third-order valence-corrected chi connectivity index (χ3v) is 3.36. The number of halogens is 4. The van der Waals surface area contributed by atoms with Crippen molar-refractivity contribution in [3.8, 4) is 5.75 Å². The van der Waals surface area contributed by atoms with E-state index in [1.54, 1.807) is 0 Å². The normalized spacial score (nSPS) is 12.3. The predicted octanol–water partition coefficient (Wildman–Crippen LogP) is 3.92. The van der Waals surface area contributed by atoms with Crippen LogP contribution in [0.25, 0.3) is 0 Å². The molecule has 0 aliphatic rings. The molecular formula is C14H11BrF3NO. The Hall–Kier alpha value is -1.53. The zero-order chi connectivity index (χ0) is 14.9. The highest BCUT2D eigenvalue weighted by Gasteiger charge is 2.23. The Morgan fingerprint density at radius 2 is 1.75 bits per heavy atom. The van der Waals surface area contributed by atoms with E-state index in [1.165, 1.54) is 25.3 Å². The number of hydrogen-bond donors (Lipinski definition) is 1. The van der Waals surface area contributed by atoms with Gasteiger partial charge < -0.3 is 10.5 Å². The van der Waals surface area contributed by atoms with Gasteiger partial charge in [0.05, 0.1) is 13.2 Å². The third kappa shape index (κ3) is 2.66. The molecule has 106 valence electrons. The maximum Gasteiger partial charge on any atom is 0.170 e. The molecule has 6 heteroatoms. The highest BCUT2D eigenvalue weighted by molar-refractivity contribution is 9.10. The first kappa shape index (κ1) is 14.9. The van der Waals surface area contributed by atoms with Crippen LogP contribution >= 0.6 is 15.9 Å². The van der Waals surface area contributed by atoms with Crippen LogP contribution in [-0.4, -0.2) is 7.11 Å². The van der Waals surface area contributed by atoms with Crippen molar-refractivity contribution >= 4 is 15.9 Å². The highest BCUT2D eigenvalue weighted by Crippen LogP contribution is 2.31. The Morgan fingerprint density at radius 1 is 1.15 bits per heavy atom. The molecule has 2 aromatic rings. The summed E-state index contributed by atoms with van der Waals surface area (Å²) in [5.41, 5.74) is 5.38. The zero-order valence-corrected chi connectivity index (χ0v) is 12.0. The van der Waals surface area contributed by atoms with Gasteiger partial charge in [-0.05, 0) is 18.2 Å². The van der Waals surface area contributed by atoms with E-state index in [-0.39, 0.29) is 21.3 Å². The molecule has 2 nitrogen and oxygen atoms in total. The van der Waals surface area contributed by atoms with Crippen LogP contribution in [0.3, 0.4) is 0 Å². The van der Waals surface area contributed by atoms with Gasteiger partial charge in [0.1, 0.15) is 11.6 Å². The molecule has 2 rings (SSSR count). The Morgan fingerprint density at radius 3 is 2.30 bits per heavy atom. The summed E-state index contributed by atoms with van der Waals surface area (Å²) in [4.78, 5) is 0. The molecule has 2 N–H and O–H groups in total. The Kier molecular flexibility index (Phi) is 4.35. The van der Waals surface area contributed by atoms with Crippen molar-refractivity contribution in [2.75, 3.05) is 7.11 Å². The summed E-state index contributed by atoms with van der Waals surface area (Å²) in [5, 5.41) is 0. The van der Waals surface area contributed by atoms with E-state index in [0.717, 1.165) is 12.1 Å². The quantitative estimate of drug-likeness (QED) is 0.914. The van der Waals surface area contributed by atoms with E-state index in [0.29, 0.717) is 0 Å². The van der Waals surface area contributed by atoms with E-state index < -0.39 is 23.5 Å². The molecule has 1 unspecified atom stereocenters. The molecular weight excluding hydrogens is 335 g/mol. The number of benzene rings is 2. The first-order chi connectivity index (χ1) is 9.45. The molecule has 0 heterocycles. The second kappa shape index (κ2) is 5.85. The first-order valence-electron chi connectivity index (χ1n) is 5.68. The second-order valence-corrected chi connectivity index (χ2v) is 5.04. The van der Waals surface area contributed by atoms with Crippen LogP contribution in [0.4, 0.5) is 13.2 Å². The number of methoxy groups -OCH3 is 1. The van der Waals surface area contributed by atoms with Crippen LogP contribution in [0.5, 0.6) is 5.75 Å². The molecule has 0 aliphatic carbocycles. The van der Waals surface area contributed by atoms with Crippen molar-refractivity contribution < 1.29 is 17.9 Å². The summed E-state index contributed by atoms with van der Waals surface area (Å²) < 4.78 is 46.9. The predicted molar refractivity (Wildman–Crippen MR) is 73.0 cm³/mol. The summed E-state index contributed by atoms with van der Waals surface area (Å²) in [6.45, 7) is 0. The molecule has 20 heavy (non-hydrogen) atoms. The van der Waals surface area contributed by atoms with Crippen LogP contribution in [0.1, 0.15) is 17.2 Å². The molecule has 0 fully saturated rings. The van der Waals surface area contributed by atoms with E-state index >= 15 is 0 Å². The van der Waals surface area contributed by atoms with Gasteiger partial charge in [-0.1, -0.05) is 28.1 Å². The van der Waals surface area contributed by atoms with Crippen molar-refractivity contribution in [1.29, 1.82) is 0 Å². The van der Waals surface area contributed by atoms with Crippen molar-refractivity contribution in [1.82, 2.24) is 0 Å². The Labute approximate surface area is 122 Å². The molecule has 0 aromatic heterocycles. The van der Waals surface area contributed by atoms with Crippen LogP contribution < -0.4 is 10.5 Å². The van der Waals surface area contributed by atoms with Crippen LogP contribution in [0.2, 0.25) is 0 Å². The molecule has 0 aliphatic heterocycles. The minimum Gasteiger partial charge on any atom is -0.494 e. The third-order valence-electron chi connectivity index (χ3n) is 2.90. The minimum absolute atomic E-state index is 0.0316. The SMILES string of the molecule is COc1cccc(C(N)c2c(F)cc(Br)cc2F)c1F. The fourth-order valence-electron chi connectivity index (χ4n) is 1.93. The van der Waals surface area contributed by atoms with Gasteiger partial charge in [0, 0.05) is 15.6 Å². The molecule has 0 saturated heterocycles. The maximum atomic E-state index is 14.1. The fourth-order valence-corrected chi connectivity index (χ4v) is 2.33. The first-order valence-corrected chi connectivity index (χ1v) is 6.47. The largest absolute Gasteiger partial charge is 0.494 e. The lowest BCUT2D eigenvalue weighted by Gasteiger charge is -2.16.